The fourth-order valence-electron chi connectivity index (χ4n) is 3.38. The van der Waals surface area contributed by atoms with Crippen LogP contribution in [0.3, 0.4) is 0 Å². The summed E-state index contributed by atoms with van der Waals surface area (Å²) in [5, 5.41) is 2.08. The van der Waals surface area contributed by atoms with Gasteiger partial charge in [0.1, 0.15) is 0 Å². The zero-order valence-corrected chi connectivity index (χ0v) is 16.2. The van der Waals surface area contributed by atoms with E-state index in [1.165, 1.54) is 5.56 Å². The summed E-state index contributed by atoms with van der Waals surface area (Å²) in [6, 6.07) is 24.4. The first kappa shape index (κ1) is 17.8. The lowest BCUT2D eigenvalue weighted by Gasteiger charge is -2.13. The average molecular weight is 395 g/mol. The van der Waals surface area contributed by atoms with Crippen LogP contribution in [0, 0.1) is 0 Å². The van der Waals surface area contributed by atoms with Gasteiger partial charge in [-0.05, 0) is 55.7 Å². The number of hydrogen-bond donors (Lipinski definition) is 2. The number of aryl methyl sites for hydroxylation is 2. The van der Waals surface area contributed by atoms with Crippen molar-refractivity contribution >= 4 is 53.5 Å². The van der Waals surface area contributed by atoms with Crippen LogP contribution >= 0.6 is 25.6 Å². The molecule has 0 saturated carbocycles. The predicted octanol–water partition coefficient (Wildman–Crippen LogP) is 5.12. The Labute approximate surface area is 168 Å². The molecule has 0 unspecified atom stereocenters. The highest BCUT2D eigenvalue weighted by atomic mass is 32.2. The Morgan fingerprint density at radius 3 is 2.33 bits per heavy atom. The molecule has 27 heavy (non-hydrogen) atoms. The van der Waals surface area contributed by atoms with Gasteiger partial charge in [-0.15, -0.1) is 0 Å². The Hall–Kier alpha value is -2.57. The minimum atomic E-state index is -0.665. The highest BCUT2D eigenvalue weighted by molar-refractivity contribution is 7.94. The molecule has 0 radical (unpaired) electrons. The van der Waals surface area contributed by atoms with Crippen molar-refractivity contribution in [2.24, 2.45) is 0 Å². The number of benzene rings is 3. The van der Waals surface area contributed by atoms with E-state index in [1.807, 2.05) is 54.6 Å². The van der Waals surface area contributed by atoms with Crippen LogP contribution in [0.4, 0.5) is 4.79 Å². The Bertz CT molecular complexity index is 1110. The molecule has 0 aliphatic carbocycles. The van der Waals surface area contributed by atoms with Gasteiger partial charge in [0.05, 0.1) is 11.0 Å². The smallest absolute Gasteiger partial charge is 0.315 e. The fourth-order valence-corrected chi connectivity index (χ4v) is 3.46. The number of rotatable bonds is 4. The molecule has 3 aromatic carbocycles. The maximum absolute atomic E-state index is 12.1. The molecule has 1 heterocycles. The second-order valence-electron chi connectivity index (χ2n) is 6.26. The van der Waals surface area contributed by atoms with E-state index in [2.05, 4.69) is 43.8 Å². The normalized spacial score (nSPS) is 11.0. The summed E-state index contributed by atoms with van der Waals surface area (Å²) in [7, 11) is 0. The molecule has 6 heteroatoms. The zero-order valence-electron chi connectivity index (χ0n) is 14.4. The molecule has 0 atom stereocenters. The lowest BCUT2D eigenvalue weighted by Crippen LogP contribution is -2.25. The van der Waals surface area contributed by atoms with Crippen LogP contribution in [0.2, 0.25) is 0 Å². The van der Waals surface area contributed by atoms with E-state index in [1.54, 1.807) is 4.73 Å². The predicted molar refractivity (Wildman–Crippen MR) is 115 cm³/mol. The molecule has 1 amide bonds. The minimum Gasteiger partial charge on any atom is -0.315 e. The molecule has 0 spiro atoms. The maximum Gasteiger partial charge on any atom is 0.454 e. The van der Waals surface area contributed by atoms with Crippen molar-refractivity contribution in [3.63, 3.8) is 0 Å². The van der Waals surface area contributed by atoms with Gasteiger partial charge in [-0.3, -0.25) is 0 Å². The fraction of sp³-hybridized carbons (Fsp3) is 0.0952. The third-order valence-electron chi connectivity index (χ3n) is 4.59. The van der Waals surface area contributed by atoms with E-state index in [9.17, 15) is 4.79 Å². The van der Waals surface area contributed by atoms with Gasteiger partial charge in [-0.1, -0.05) is 66.7 Å². The van der Waals surface area contributed by atoms with Crippen molar-refractivity contribution in [1.29, 1.82) is 0 Å². The number of para-hydroxylation sites is 2. The summed E-state index contributed by atoms with van der Waals surface area (Å²) in [5.41, 5.74) is 4.11. The molecule has 136 valence electrons. The molecular weight excluding hydrogens is 376 g/mol. The zero-order chi connectivity index (χ0) is 18.8. The SMILES string of the molecule is O=C(On1c2ccccc2c2cccc(CCc3ccccc3)c21)N(S)S. The van der Waals surface area contributed by atoms with Gasteiger partial charge in [-0.25, -0.2) is 4.79 Å². The molecular formula is C21H18N2O2S2. The molecule has 4 nitrogen and oxygen atoms in total. The van der Waals surface area contributed by atoms with Crippen molar-refractivity contribution < 1.29 is 9.63 Å². The molecule has 0 bridgehead atoms. The number of carbonyl (C=O) groups excluding carboxylic acids is 1. The molecule has 0 aliphatic heterocycles. The Balaban J connectivity index is 1.83. The van der Waals surface area contributed by atoms with Crippen molar-refractivity contribution in [1.82, 2.24) is 8.44 Å². The summed E-state index contributed by atoms with van der Waals surface area (Å²) in [5.74, 6) is 0. The average Bonchev–Trinajstić information content (AvgIpc) is 3.02. The first-order valence-electron chi connectivity index (χ1n) is 8.60. The summed E-state index contributed by atoms with van der Waals surface area (Å²) in [6.07, 6.45) is 1.07. The third-order valence-corrected chi connectivity index (χ3v) is 4.92. The summed E-state index contributed by atoms with van der Waals surface area (Å²) in [4.78, 5) is 17.7. The van der Waals surface area contributed by atoms with Gasteiger partial charge in [0.25, 0.3) is 0 Å². The highest BCUT2D eigenvalue weighted by Gasteiger charge is 2.18. The first-order valence-corrected chi connectivity index (χ1v) is 9.40. The number of thiol groups is 2. The van der Waals surface area contributed by atoms with Crippen molar-refractivity contribution in [2.75, 3.05) is 0 Å². The lowest BCUT2D eigenvalue weighted by atomic mass is 10.0. The molecule has 0 aliphatic rings. The topological polar surface area (TPSA) is 34.5 Å². The molecule has 0 saturated heterocycles. The number of carbonyl (C=O) groups is 1. The molecule has 4 aromatic rings. The van der Waals surface area contributed by atoms with Crippen LogP contribution < -0.4 is 4.84 Å². The minimum absolute atomic E-state index is 0.665. The highest BCUT2D eigenvalue weighted by Crippen LogP contribution is 2.31. The number of nitrogens with zero attached hydrogens (tertiary/aromatic N) is 2. The van der Waals surface area contributed by atoms with Crippen LogP contribution in [0.1, 0.15) is 11.1 Å². The second kappa shape index (κ2) is 7.58. The van der Waals surface area contributed by atoms with Crippen LogP contribution in [-0.2, 0) is 12.8 Å². The lowest BCUT2D eigenvalue weighted by molar-refractivity contribution is 0.140. The van der Waals surface area contributed by atoms with Gasteiger partial charge in [0, 0.05) is 10.8 Å². The number of aromatic nitrogens is 1. The van der Waals surface area contributed by atoms with E-state index in [-0.39, 0.29) is 0 Å². The Kier molecular flexibility index (Phi) is 5.01. The van der Waals surface area contributed by atoms with Crippen molar-refractivity contribution in [3.8, 4) is 0 Å². The number of fused-ring (bicyclic) bond motifs is 3. The second-order valence-corrected chi connectivity index (χ2v) is 7.37. The van der Waals surface area contributed by atoms with Gasteiger partial charge in [-0.2, -0.15) is 8.44 Å². The molecule has 1 aromatic heterocycles. The van der Waals surface area contributed by atoms with Crippen LogP contribution in [-0.4, -0.2) is 14.5 Å². The van der Waals surface area contributed by atoms with Crippen LogP contribution in [0.5, 0.6) is 0 Å². The largest absolute Gasteiger partial charge is 0.454 e. The van der Waals surface area contributed by atoms with Crippen molar-refractivity contribution in [2.45, 2.75) is 12.8 Å². The van der Waals surface area contributed by atoms with Gasteiger partial charge in [0.15, 0.2) is 0 Å². The monoisotopic (exact) mass is 394 g/mol. The van der Waals surface area contributed by atoms with E-state index < -0.39 is 6.09 Å². The quantitative estimate of drug-likeness (QED) is 0.471. The van der Waals surface area contributed by atoms with Crippen LogP contribution in [0.15, 0.2) is 72.8 Å². The molecule has 4 rings (SSSR count). The van der Waals surface area contributed by atoms with Gasteiger partial charge in [0.2, 0.25) is 0 Å². The first-order chi connectivity index (χ1) is 13.1. The van der Waals surface area contributed by atoms with Gasteiger partial charge >= 0.3 is 6.09 Å². The molecule has 0 N–H and O–H groups in total. The van der Waals surface area contributed by atoms with Crippen LogP contribution in [0.25, 0.3) is 21.8 Å². The third kappa shape index (κ3) is 3.50. The van der Waals surface area contributed by atoms with Gasteiger partial charge < -0.3 is 4.84 Å². The Morgan fingerprint density at radius 1 is 0.852 bits per heavy atom. The van der Waals surface area contributed by atoms with Crippen molar-refractivity contribution in [3.05, 3.63) is 83.9 Å². The number of amides is 1. The van der Waals surface area contributed by atoms with E-state index >= 15 is 0 Å². The summed E-state index contributed by atoms with van der Waals surface area (Å²) < 4.78 is 2.42. The van der Waals surface area contributed by atoms with E-state index in [0.29, 0.717) is 0 Å². The summed E-state index contributed by atoms with van der Waals surface area (Å²) in [6.45, 7) is 0. The summed E-state index contributed by atoms with van der Waals surface area (Å²) >= 11 is 7.83. The molecule has 0 fully saturated rings. The van der Waals surface area contributed by atoms with E-state index in [4.69, 9.17) is 4.84 Å². The number of hydrogen-bond acceptors (Lipinski definition) is 4. The maximum atomic E-state index is 12.1. The van der Waals surface area contributed by atoms with E-state index in [0.717, 1.165) is 43.9 Å². The standard InChI is InChI=1S/C21H18N2O2S2/c24-21(23(26)27)25-22-19-12-5-4-10-17(19)18-11-6-9-16(20(18)22)14-13-15-7-2-1-3-8-15/h1-12,26-27H,13-14H2. The Morgan fingerprint density at radius 2 is 1.56 bits per heavy atom.